The van der Waals surface area contributed by atoms with E-state index in [9.17, 15) is 4.79 Å². The molecular formula is C28H32ClN5O. The number of hydrogen-bond acceptors (Lipinski definition) is 4. The number of nitriles is 1. The number of nitrogens with one attached hydrogen (secondary N) is 2. The lowest BCUT2D eigenvalue weighted by Gasteiger charge is -2.33. The molecule has 2 heterocycles. The van der Waals surface area contributed by atoms with Gasteiger partial charge in [0.1, 0.15) is 0 Å². The zero-order valence-corrected chi connectivity index (χ0v) is 20.7. The topological polar surface area (TPSA) is 81.0 Å². The molecule has 182 valence electrons. The van der Waals surface area contributed by atoms with Crippen LogP contribution in [0.25, 0.3) is 10.9 Å². The molecule has 0 radical (unpaired) electrons. The lowest BCUT2D eigenvalue weighted by molar-refractivity contribution is 0.205. The highest BCUT2D eigenvalue weighted by molar-refractivity contribution is 6.00. The minimum Gasteiger partial charge on any atom is -0.335 e. The zero-order valence-electron chi connectivity index (χ0n) is 19.9. The fourth-order valence-electron chi connectivity index (χ4n) is 5.38. The summed E-state index contributed by atoms with van der Waals surface area (Å²) in [7, 11) is 0. The van der Waals surface area contributed by atoms with E-state index in [1.54, 1.807) is 6.20 Å². The number of pyridine rings is 1. The van der Waals surface area contributed by atoms with Crippen LogP contribution in [0.15, 0.2) is 54.7 Å². The highest BCUT2D eigenvalue weighted by Gasteiger charge is 2.24. The molecule has 7 heteroatoms. The van der Waals surface area contributed by atoms with Gasteiger partial charge in [-0.1, -0.05) is 24.3 Å². The van der Waals surface area contributed by atoms with Crippen LogP contribution in [0.1, 0.15) is 48.8 Å². The first-order valence-corrected chi connectivity index (χ1v) is 12.3. The molecule has 2 aromatic carbocycles. The van der Waals surface area contributed by atoms with Crippen LogP contribution in [0, 0.1) is 17.2 Å². The summed E-state index contributed by atoms with van der Waals surface area (Å²) < 4.78 is 0. The number of para-hydroxylation sites is 1. The Morgan fingerprint density at radius 3 is 2.74 bits per heavy atom. The number of amides is 2. The Labute approximate surface area is 213 Å². The Morgan fingerprint density at radius 1 is 1.09 bits per heavy atom. The van der Waals surface area contributed by atoms with Gasteiger partial charge in [0.25, 0.3) is 0 Å². The van der Waals surface area contributed by atoms with Gasteiger partial charge in [0.05, 0.1) is 22.8 Å². The average molecular weight is 490 g/mol. The van der Waals surface area contributed by atoms with E-state index in [1.807, 2.05) is 42.5 Å². The van der Waals surface area contributed by atoms with E-state index in [0.29, 0.717) is 0 Å². The summed E-state index contributed by atoms with van der Waals surface area (Å²) in [5, 5.41) is 16.2. The van der Waals surface area contributed by atoms with E-state index in [-0.39, 0.29) is 24.5 Å². The smallest absolute Gasteiger partial charge is 0.319 e. The third kappa shape index (κ3) is 6.11. The highest BCUT2D eigenvalue weighted by atomic mass is 35.5. The Bertz CT molecular complexity index is 1210. The minimum absolute atomic E-state index is 0. The second-order valence-corrected chi connectivity index (χ2v) is 9.60. The van der Waals surface area contributed by atoms with Gasteiger partial charge >= 0.3 is 6.03 Å². The molecule has 0 unspecified atom stereocenters. The standard InChI is InChI=1S/C28H31N5O.ClH/c29-18-21-5-8-23-19-33(16-13-22(23)17-21)15-12-20-6-9-24(10-7-20)31-28(34)32-27-11-14-30-26-4-2-1-3-25(26)27;/h1-5,8,11,14,17,20,24H,6-7,9-10,12-13,15-16,19H2,(H2,30,31,32,34);1H. The fourth-order valence-corrected chi connectivity index (χ4v) is 5.38. The zero-order chi connectivity index (χ0) is 23.3. The number of urea groups is 1. The molecule has 0 saturated heterocycles. The predicted molar refractivity (Wildman–Crippen MR) is 142 cm³/mol. The monoisotopic (exact) mass is 489 g/mol. The number of rotatable bonds is 5. The van der Waals surface area contributed by atoms with Gasteiger partial charge in [-0.3, -0.25) is 9.88 Å². The van der Waals surface area contributed by atoms with Gasteiger partial charge in [0, 0.05) is 30.7 Å². The molecule has 0 spiro atoms. The maximum atomic E-state index is 12.6. The summed E-state index contributed by atoms with van der Waals surface area (Å²) in [5.74, 6) is 0.729. The van der Waals surface area contributed by atoms with E-state index in [0.717, 1.165) is 67.0 Å². The van der Waals surface area contributed by atoms with Crippen molar-refractivity contribution in [3.8, 4) is 6.07 Å². The SMILES string of the molecule is Cl.N#Cc1ccc2c(c1)CCN(CCC1CCC(NC(=O)Nc3ccnc4ccccc34)CC1)C2. The normalized spacial score (nSPS) is 19.7. The number of fused-ring (bicyclic) bond motifs is 2. The lowest BCUT2D eigenvalue weighted by Crippen LogP contribution is -2.40. The first-order valence-electron chi connectivity index (χ1n) is 12.3. The number of aromatic nitrogens is 1. The number of benzene rings is 2. The van der Waals surface area contributed by atoms with Crippen LogP contribution in [-0.4, -0.2) is 35.0 Å². The van der Waals surface area contributed by atoms with Crippen LogP contribution in [-0.2, 0) is 13.0 Å². The summed E-state index contributed by atoms with van der Waals surface area (Å²) in [5.41, 5.74) is 5.14. The number of carbonyl (C=O) groups is 1. The van der Waals surface area contributed by atoms with Gasteiger partial charge in [-0.2, -0.15) is 5.26 Å². The van der Waals surface area contributed by atoms with Gasteiger partial charge in [-0.05, 0) is 86.4 Å². The molecule has 2 amide bonds. The highest BCUT2D eigenvalue weighted by Crippen LogP contribution is 2.29. The first kappa shape index (κ1) is 25.0. The van der Waals surface area contributed by atoms with Gasteiger partial charge in [0.15, 0.2) is 0 Å². The molecule has 0 bridgehead atoms. The van der Waals surface area contributed by atoms with Crippen molar-refractivity contribution >= 4 is 35.0 Å². The molecule has 1 saturated carbocycles. The predicted octanol–water partition coefficient (Wildman–Crippen LogP) is 5.66. The lowest BCUT2D eigenvalue weighted by atomic mass is 9.84. The van der Waals surface area contributed by atoms with Crippen molar-refractivity contribution in [3.05, 3.63) is 71.4 Å². The van der Waals surface area contributed by atoms with Crippen molar-refractivity contribution < 1.29 is 4.79 Å². The number of halogens is 1. The van der Waals surface area contributed by atoms with E-state index in [4.69, 9.17) is 5.26 Å². The van der Waals surface area contributed by atoms with Gasteiger partial charge in [0.2, 0.25) is 0 Å². The maximum absolute atomic E-state index is 12.6. The summed E-state index contributed by atoms with van der Waals surface area (Å²) >= 11 is 0. The number of hydrogen-bond donors (Lipinski definition) is 2. The van der Waals surface area contributed by atoms with Crippen molar-refractivity contribution in [2.45, 2.75) is 51.1 Å². The molecule has 3 aromatic rings. The molecule has 1 aromatic heterocycles. The van der Waals surface area contributed by atoms with Crippen LogP contribution in [0.3, 0.4) is 0 Å². The van der Waals surface area contributed by atoms with Crippen molar-refractivity contribution in [3.63, 3.8) is 0 Å². The summed E-state index contributed by atoms with van der Waals surface area (Å²) in [4.78, 5) is 19.5. The largest absolute Gasteiger partial charge is 0.335 e. The summed E-state index contributed by atoms with van der Waals surface area (Å²) in [6.45, 7) is 3.18. The maximum Gasteiger partial charge on any atom is 0.319 e. The fraction of sp³-hybridized carbons (Fsp3) is 0.393. The summed E-state index contributed by atoms with van der Waals surface area (Å²) in [6, 6.07) is 18.1. The molecule has 1 fully saturated rings. The van der Waals surface area contributed by atoms with E-state index in [1.165, 1.54) is 30.4 Å². The number of carbonyl (C=O) groups excluding carboxylic acids is 1. The molecular weight excluding hydrogens is 458 g/mol. The average Bonchev–Trinajstić information content (AvgIpc) is 2.88. The molecule has 2 aliphatic rings. The quantitative estimate of drug-likeness (QED) is 0.484. The number of anilines is 1. The van der Waals surface area contributed by atoms with Crippen molar-refractivity contribution in [2.24, 2.45) is 5.92 Å². The van der Waals surface area contributed by atoms with Crippen molar-refractivity contribution in [2.75, 3.05) is 18.4 Å². The van der Waals surface area contributed by atoms with Crippen LogP contribution in [0.4, 0.5) is 10.5 Å². The Balaban J connectivity index is 0.00000289. The van der Waals surface area contributed by atoms with E-state index in [2.05, 4.69) is 32.7 Å². The Kier molecular flexibility index (Phi) is 8.22. The number of nitrogens with zero attached hydrogens (tertiary/aromatic N) is 3. The third-order valence-electron chi connectivity index (χ3n) is 7.36. The molecule has 35 heavy (non-hydrogen) atoms. The molecule has 1 aliphatic heterocycles. The third-order valence-corrected chi connectivity index (χ3v) is 7.36. The van der Waals surface area contributed by atoms with Crippen LogP contribution >= 0.6 is 12.4 Å². The molecule has 0 atom stereocenters. The van der Waals surface area contributed by atoms with Crippen LogP contribution in [0.2, 0.25) is 0 Å². The Hall–Kier alpha value is -3.14. The van der Waals surface area contributed by atoms with Gasteiger partial charge in [-0.25, -0.2) is 4.79 Å². The second-order valence-electron chi connectivity index (χ2n) is 9.60. The van der Waals surface area contributed by atoms with Crippen LogP contribution in [0.5, 0.6) is 0 Å². The van der Waals surface area contributed by atoms with Gasteiger partial charge in [-0.15, -0.1) is 12.4 Å². The van der Waals surface area contributed by atoms with Crippen LogP contribution < -0.4 is 10.6 Å². The summed E-state index contributed by atoms with van der Waals surface area (Å²) in [6.07, 6.45) is 8.38. The Morgan fingerprint density at radius 2 is 1.91 bits per heavy atom. The molecule has 2 N–H and O–H groups in total. The molecule has 5 rings (SSSR count). The van der Waals surface area contributed by atoms with Gasteiger partial charge < -0.3 is 10.6 Å². The van der Waals surface area contributed by atoms with E-state index >= 15 is 0 Å². The van der Waals surface area contributed by atoms with Crippen molar-refractivity contribution in [1.29, 1.82) is 5.26 Å². The van der Waals surface area contributed by atoms with E-state index < -0.39 is 0 Å². The second kappa shape index (κ2) is 11.5. The van der Waals surface area contributed by atoms with Crippen molar-refractivity contribution in [1.82, 2.24) is 15.2 Å². The first-order chi connectivity index (χ1) is 16.7. The molecule has 1 aliphatic carbocycles. The minimum atomic E-state index is -0.133. The molecule has 6 nitrogen and oxygen atoms in total.